The van der Waals surface area contributed by atoms with Gasteiger partial charge in [0.25, 0.3) is 0 Å². The Hall–Kier alpha value is 1.06. The number of halogens is 1. The quantitative estimate of drug-likeness (QED) is 0.404. The summed E-state index contributed by atoms with van der Waals surface area (Å²) >= 11 is 0.299. The summed E-state index contributed by atoms with van der Waals surface area (Å²) in [6, 6.07) is 6.86. The van der Waals surface area contributed by atoms with Crippen molar-refractivity contribution >= 4 is 33.7 Å². The average molecular weight is 291 g/mol. The summed E-state index contributed by atoms with van der Waals surface area (Å²) in [5.41, 5.74) is 0. The number of rotatable bonds is 1. The fourth-order valence-corrected chi connectivity index (χ4v) is 1.28. The Bertz CT molecular complexity index is 249. The van der Waals surface area contributed by atoms with Crippen molar-refractivity contribution in [1.29, 1.82) is 0 Å². The molecule has 0 aliphatic heterocycles. The second-order valence-corrected chi connectivity index (χ2v) is 3.92. The molecule has 1 rings (SSSR count). The van der Waals surface area contributed by atoms with E-state index in [0.29, 0.717) is 4.90 Å². The van der Waals surface area contributed by atoms with E-state index in [0.717, 1.165) is 3.57 Å². The van der Waals surface area contributed by atoms with Crippen molar-refractivity contribution in [3.05, 3.63) is 27.8 Å². The fraction of sp³-hybridized carbons (Fsp3) is 0. The minimum atomic E-state index is -1.84. The smallest absolute Gasteiger partial charge is 0.302 e. The summed E-state index contributed by atoms with van der Waals surface area (Å²) < 4.78 is 20.1. The van der Waals surface area contributed by atoms with Crippen LogP contribution in [0.15, 0.2) is 29.2 Å². The number of hydrogen-bond donors (Lipinski definition) is 1. The zero-order valence-corrected chi connectivity index (χ0v) is 10.9. The van der Waals surface area contributed by atoms with Crippen LogP contribution in [-0.2, 0) is 11.1 Å². The molecule has 2 nitrogen and oxygen atoms in total. The molecule has 0 aromatic heterocycles. The second kappa shape index (κ2) is 5.66. The number of benzene rings is 1. The Morgan fingerprint density at radius 2 is 1.73 bits per heavy atom. The molecule has 0 aliphatic rings. The molecule has 0 fully saturated rings. The summed E-state index contributed by atoms with van der Waals surface area (Å²) in [6.45, 7) is 0. The predicted octanol–water partition coefficient (Wildman–Crippen LogP) is -1.12. The van der Waals surface area contributed by atoms with Crippen molar-refractivity contribution in [1.82, 2.24) is 0 Å². The largest absolute Gasteiger partial charge is 1.00 e. The van der Waals surface area contributed by atoms with Crippen LogP contribution in [0.2, 0.25) is 0 Å². The SMILES string of the molecule is O=S(O)c1ccc(I)cc1.[Na+]. The van der Waals surface area contributed by atoms with E-state index in [1.165, 1.54) is 0 Å². The Kier molecular flexibility index (Phi) is 6.21. The molecule has 0 heterocycles. The predicted molar refractivity (Wildman–Crippen MR) is 48.2 cm³/mol. The molecule has 0 amide bonds. The summed E-state index contributed by atoms with van der Waals surface area (Å²) in [5.74, 6) is 0. The zero-order valence-electron chi connectivity index (χ0n) is 5.95. The number of hydrogen-bond acceptors (Lipinski definition) is 1. The maximum Gasteiger partial charge on any atom is 1.00 e. The van der Waals surface area contributed by atoms with Gasteiger partial charge in [0, 0.05) is 3.57 Å². The molecule has 1 aromatic carbocycles. The van der Waals surface area contributed by atoms with Crippen LogP contribution < -0.4 is 29.6 Å². The monoisotopic (exact) mass is 291 g/mol. The molecule has 0 radical (unpaired) electrons. The van der Waals surface area contributed by atoms with Gasteiger partial charge in [0.2, 0.25) is 0 Å². The first-order valence-corrected chi connectivity index (χ1v) is 4.75. The van der Waals surface area contributed by atoms with Crippen LogP contribution >= 0.6 is 22.6 Å². The Morgan fingerprint density at radius 3 is 2.09 bits per heavy atom. The van der Waals surface area contributed by atoms with Crippen LogP contribution in [-0.4, -0.2) is 8.76 Å². The third-order valence-electron chi connectivity index (χ3n) is 1.02. The van der Waals surface area contributed by atoms with Crippen molar-refractivity contribution in [3.63, 3.8) is 0 Å². The van der Waals surface area contributed by atoms with Crippen LogP contribution in [0.25, 0.3) is 0 Å². The molecule has 5 heteroatoms. The van der Waals surface area contributed by atoms with Gasteiger partial charge in [-0.1, -0.05) is 0 Å². The minimum Gasteiger partial charge on any atom is -0.302 e. The maximum absolute atomic E-state index is 10.4. The van der Waals surface area contributed by atoms with Crippen LogP contribution in [0, 0.1) is 3.57 Å². The van der Waals surface area contributed by atoms with Gasteiger partial charge in [0.05, 0.1) is 4.90 Å². The van der Waals surface area contributed by atoms with Crippen LogP contribution in [0.4, 0.5) is 0 Å². The van der Waals surface area contributed by atoms with Crippen molar-refractivity contribution < 1.29 is 38.3 Å². The van der Waals surface area contributed by atoms with Gasteiger partial charge in [0.1, 0.15) is 0 Å². The van der Waals surface area contributed by atoms with E-state index in [1.54, 1.807) is 24.3 Å². The average Bonchev–Trinajstić information content (AvgIpc) is 1.88. The van der Waals surface area contributed by atoms with E-state index in [9.17, 15) is 4.21 Å². The Labute approximate surface area is 103 Å². The molecule has 0 saturated heterocycles. The Balaban J connectivity index is 0.000001000. The molecule has 0 saturated carbocycles. The first kappa shape index (κ1) is 12.1. The van der Waals surface area contributed by atoms with Crippen molar-refractivity contribution in [2.75, 3.05) is 0 Å². The molecule has 1 N–H and O–H groups in total. The van der Waals surface area contributed by atoms with Crippen molar-refractivity contribution in [2.45, 2.75) is 4.90 Å². The van der Waals surface area contributed by atoms with Gasteiger partial charge in [-0.2, -0.15) is 0 Å². The van der Waals surface area contributed by atoms with Gasteiger partial charge in [-0.05, 0) is 46.9 Å². The third-order valence-corrected chi connectivity index (χ3v) is 2.41. The van der Waals surface area contributed by atoms with Crippen LogP contribution in [0.3, 0.4) is 0 Å². The molecular formula is C6H5INaO2S+. The van der Waals surface area contributed by atoms with E-state index in [2.05, 4.69) is 22.6 Å². The molecule has 1 aromatic rings. The zero-order chi connectivity index (χ0) is 7.56. The van der Waals surface area contributed by atoms with Crippen molar-refractivity contribution in [3.8, 4) is 0 Å². The normalized spacial score (nSPS) is 11.8. The van der Waals surface area contributed by atoms with E-state index in [1.807, 2.05) is 0 Å². The van der Waals surface area contributed by atoms with E-state index < -0.39 is 11.1 Å². The molecule has 1 atom stereocenters. The Morgan fingerprint density at radius 1 is 1.27 bits per heavy atom. The van der Waals surface area contributed by atoms with E-state index >= 15 is 0 Å². The standard InChI is InChI=1S/C6H5IO2S.Na/c7-5-1-3-6(4-2-5)10(8)9;/h1-4H,(H,8,9);/q;+1. The summed E-state index contributed by atoms with van der Waals surface area (Å²) in [5, 5.41) is 0. The maximum atomic E-state index is 10.4. The molecule has 1 unspecified atom stereocenters. The van der Waals surface area contributed by atoms with Gasteiger partial charge in [-0.25, -0.2) is 4.21 Å². The third kappa shape index (κ3) is 4.00. The molecule has 0 aliphatic carbocycles. The van der Waals surface area contributed by atoms with Gasteiger partial charge in [-0.3, -0.25) is 0 Å². The van der Waals surface area contributed by atoms with Crippen LogP contribution in [0.1, 0.15) is 0 Å². The first-order valence-electron chi connectivity index (χ1n) is 2.56. The minimum absolute atomic E-state index is 0. The molecule has 0 spiro atoms. The molecule has 54 valence electrons. The first-order chi connectivity index (χ1) is 4.70. The topological polar surface area (TPSA) is 37.3 Å². The van der Waals surface area contributed by atoms with E-state index in [4.69, 9.17) is 4.55 Å². The fourth-order valence-electron chi connectivity index (χ4n) is 0.551. The summed E-state index contributed by atoms with van der Waals surface area (Å²) in [4.78, 5) is 0.445. The summed E-state index contributed by atoms with van der Waals surface area (Å²) in [7, 11) is 0. The summed E-state index contributed by atoms with van der Waals surface area (Å²) in [6.07, 6.45) is 0. The molecular weight excluding hydrogens is 286 g/mol. The van der Waals surface area contributed by atoms with Gasteiger partial charge in [-0.15, -0.1) is 0 Å². The van der Waals surface area contributed by atoms with E-state index in [-0.39, 0.29) is 29.6 Å². The van der Waals surface area contributed by atoms with Gasteiger partial charge >= 0.3 is 29.6 Å². The van der Waals surface area contributed by atoms with Gasteiger partial charge < -0.3 is 4.55 Å². The second-order valence-electron chi connectivity index (χ2n) is 1.70. The van der Waals surface area contributed by atoms with Crippen molar-refractivity contribution in [2.24, 2.45) is 0 Å². The molecule has 0 bridgehead atoms. The van der Waals surface area contributed by atoms with Gasteiger partial charge in [0.15, 0.2) is 11.1 Å². The molecule has 11 heavy (non-hydrogen) atoms. The van der Waals surface area contributed by atoms with Crippen LogP contribution in [0.5, 0.6) is 0 Å².